The summed E-state index contributed by atoms with van der Waals surface area (Å²) in [7, 11) is -0.285. The van der Waals surface area contributed by atoms with Crippen LogP contribution in [0.1, 0.15) is 0 Å². The van der Waals surface area contributed by atoms with Crippen molar-refractivity contribution in [2.75, 3.05) is 0 Å². The third-order valence-electron chi connectivity index (χ3n) is 0.133. The van der Waals surface area contributed by atoms with Crippen LogP contribution >= 0.6 is 17.5 Å². The van der Waals surface area contributed by atoms with Crippen molar-refractivity contribution in [2.24, 2.45) is 9.77 Å². The van der Waals surface area contributed by atoms with Crippen molar-refractivity contribution < 1.29 is 4.89 Å². The van der Waals surface area contributed by atoms with E-state index in [2.05, 4.69) is 9.77 Å². The van der Waals surface area contributed by atoms with Crippen molar-refractivity contribution in [1.29, 1.82) is 5.16 Å². The molecule has 0 heterocycles. The molecule has 0 aliphatic rings. The lowest BCUT2D eigenvalue weighted by Crippen LogP contribution is -1.76. The summed E-state index contributed by atoms with van der Waals surface area (Å²) in [4.78, 5) is 15.5. The minimum atomic E-state index is -2.16. The van der Waals surface area contributed by atoms with E-state index in [0.717, 1.165) is 0 Å². The number of hydrogen-bond acceptors (Lipinski definition) is 3. The summed E-state index contributed by atoms with van der Waals surface area (Å²) in [5.74, 6) is 0. The van der Waals surface area contributed by atoms with E-state index in [1.54, 1.807) is 0 Å². The van der Waals surface area contributed by atoms with Crippen LogP contribution in [-0.4, -0.2) is 0 Å². The van der Waals surface area contributed by atoms with Crippen LogP contribution in [0.2, 0.25) is 0 Å². The summed E-state index contributed by atoms with van der Waals surface area (Å²) in [5.41, 5.74) is 0. The van der Waals surface area contributed by atoms with Gasteiger partial charge in [0.1, 0.15) is 0 Å². The Labute approximate surface area is 38.3 Å². The monoisotopic (exact) mass is 123 g/mol. The molecule has 0 fully saturated rings. The number of rotatable bonds is 1. The first-order valence-corrected chi connectivity index (χ1v) is 2.79. The van der Waals surface area contributed by atoms with Crippen molar-refractivity contribution in [3.63, 3.8) is 0 Å². The van der Waals surface area contributed by atoms with Gasteiger partial charge in [0.25, 0.3) is 0 Å². The van der Waals surface area contributed by atoms with Gasteiger partial charge in [-0.3, -0.25) is 0 Å². The zero-order valence-electron chi connectivity index (χ0n) is 2.83. The van der Waals surface area contributed by atoms with Gasteiger partial charge >= 0.3 is 8.09 Å². The van der Waals surface area contributed by atoms with Crippen LogP contribution in [0.4, 0.5) is 0 Å². The minimum Gasteiger partial charge on any atom is -0.587 e. The Balaban J connectivity index is 3.30. The maximum Gasteiger partial charge on any atom is 0.338 e. The molecular weight excluding hydrogens is 120 g/mol. The maximum absolute atomic E-state index is 9.58. The second-order valence-corrected chi connectivity index (χ2v) is 1.43. The van der Waals surface area contributed by atoms with Gasteiger partial charge in [-0.2, -0.15) is 0 Å². The van der Waals surface area contributed by atoms with Gasteiger partial charge < -0.3 is 4.89 Å². The summed E-state index contributed by atoms with van der Waals surface area (Å²) in [6.45, 7) is 0. The summed E-state index contributed by atoms with van der Waals surface area (Å²) < 4.78 is 0. The third-order valence-corrected chi connectivity index (χ3v) is 0.708. The van der Waals surface area contributed by atoms with E-state index >= 15 is 0 Å². The van der Waals surface area contributed by atoms with Crippen LogP contribution in [0.3, 0.4) is 0 Å². The minimum absolute atomic E-state index is 1.88. The van der Waals surface area contributed by atoms with E-state index < -0.39 is 8.09 Å². The molecule has 4 nitrogen and oxygen atoms in total. The Morgan fingerprint density at radius 2 is 2.33 bits per heavy atom. The largest absolute Gasteiger partial charge is 0.587 e. The average molecular weight is 123 g/mol. The molecule has 0 amide bonds. The topological polar surface area (TPSA) is 71.6 Å². The molecule has 6 heteroatoms. The Bertz CT molecular complexity index is 76.9. The number of hydrogen-bond donors (Lipinski definition) is 1. The van der Waals surface area contributed by atoms with Gasteiger partial charge in [0, 0.05) is 9.39 Å². The molecule has 0 saturated heterocycles. The van der Waals surface area contributed by atoms with Gasteiger partial charge in [-0.05, 0) is 0 Å². The molecule has 0 aromatic rings. The molecular formula is H3N3OP2. The molecule has 0 aliphatic carbocycles. The molecule has 6 heavy (non-hydrogen) atoms. The molecule has 2 unspecified atom stereocenters. The lowest BCUT2D eigenvalue weighted by molar-refractivity contribution is -0.156. The van der Waals surface area contributed by atoms with E-state index in [4.69, 9.17) is 5.16 Å². The van der Waals surface area contributed by atoms with E-state index in [9.17, 15) is 4.89 Å². The van der Waals surface area contributed by atoms with Crippen LogP contribution in [0.25, 0.3) is 0 Å². The number of nitrogens with zero attached hydrogens (tertiary/aromatic N) is 2. The molecule has 0 rings (SSSR count). The Kier molecular flexibility index (Phi) is 3.34. The molecule has 0 spiro atoms. The number of nitrogens with one attached hydrogen (secondary N) is 1. The Morgan fingerprint density at radius 1 is 1.83 bits per heavy atom. The first kappa shape index (κ1) is 6.09. The highest BCUT2D eigenvalue weighted by Crippen LogP contribution is 2.10. The van der Waals surface area contributed by atoms with Gasteiger partial charge in [0.05, 0.1) is 4.88 Å². The average Bonchev–Trinajstić information content (AvgIpc) is 1.35. The summed E-state index contributed by atoms with van der Waals surface area (Å²) in [6, 6.07) is 0. The van der Waals surface area contributed by atoms with Gasteiger partial charge in [0.2, 0.25) is 0 Å². The highest BCUT2D eigenvalue weighted by atomic mass is 31.1. The van der Waals surface area contributed by atoms with Crippen LogP contribution in [0.5, 0.6) is 0 Å². The summed E-state index contributed by atoms with van der Waals surface area (Å²) in [6.07, 6.45) is 0. The standard InChI is InChI=1S/H3N3OP2/c1-6(4)3-2-5/h1H,5H2. The zero-order chi connectivity index (χ0) is 4.99. The molecule has 0 aromatic heterocycles. The van der Waals surface area contributed by atoms with Crippen molar-refractivity contribution >= 4 is 17.5 Å². The molecule has 0 aliphatic heterocycles. The van der Waals surface area contributed by atoms with Crippen molar-refractivity contribution in [3.05, 3.63) is 0 Å². The summed E-state index contributed by atoms with van der Waals surface area (Å²) in [5, 5.41) is 6.21. The first-order chi connectivity index (χ1) is 2.77. The van der Waals surface area contributed by atoms with Gasteiger partial charge in [-0.15, -0.1) is 10.0 Å². The van der Waals surface area contributed by atoms with E-state index in [1.807, 2.05) is 9.39 Å². The van der Waals surface area contributed by atoms with Gasteiger partial charge in [-0.25, -0.2) is 0 Å². The quantitative estimate of drug-likeness (QED) is 0.403. The lowest BCUT2D eigenvalue weighted by Gasteiger charge is -1.69. The fourth-order valence-corrected chi connectivity index (χ4v) is 0.422. The van der Waals surface area contributed by atoms with E-state index in [0.29, 0.717) is 0 Å². The first-order valence-electron chi connectivity index (χ1n) is 1.06. The highest BCUT2D eigenvalue weighted by molar-refractivity contribution is 7.36. The second kappa shape index (κ2) is 3.29. The predicted octanol–water partition coefficient (Wildman–Crippen LogP) is 0.663. The Morgan fingerprint density at radius 3 is 2.33 bits per heavy atom. The lowest BCUT2D eigenvalue weighted by atomic mass is 13.2. The second-order valence-electron chi connectivity index (χ2n) is 0.478. The van der Waals surface area contributed by atoms with Crippen molar-refractivity contribution in [2.45, 2.75) is 0 Å². The van der Waals surface area contributed by atoms with E-state index in [1.165, 1.54) is 0 Å². The highest BCUT2D eigenvalue weighted by Gasteiger charge is 1.78. The van der Waals surface area contributed by atoms with Crippen LogP contribution < -0.4 is 4.89 Å². The van der Waals surface area contributed by atoms with Crippen LogP contribution in [-0.2, 0) is 0 Å². The fourth-order valence-electron chi connectivity index (χ4n) is 0.0469. The third kappa shape index (κ3) is 4.09. The molecule has 0 aromatic carbocycles. The van der Waals surface area contributed by atoms with Crippen LogP contribution in [0.15, 0.2) is 9.77 Å². The molecule has 0 bridgehead atoms. The van der Waals surface area contributed by atoms with Crippen molar-refractivity contribution in [1.82, 2.24) is 0 Å². The predicted molar refractivity (Wildman–Crippen MR) is 24.2 cm³/mol. The zero-order valence-corrected chi connectivity index (χ0v) is 4.88. The summed E-state index contributed by atoms with van der Waals surface area (Å²) >= 11 is 0. The molecule has 1 N–H and O–H groups in total. The smallest absolute Gasteiger partial charge is 0.338 e. The molecule has 0 saturated carbocycles. The normalized spacial score (nSPS) is 12.7. The molecule has 2 atom stereocenters. The maximum atomic E-state index is 9.58. The van der Waals surface area contributed by atoms with Gasteiger partial charge in [0.15, 0.2) is 0 Å². The fraction of sp³-hybridized carbons (Fsp3) is 0. The van der Waals surface area contributed by atoms with Gasteiger partial charge in [-0.1, -0.05) is 0 Å². The molecule has 0 radical (unpaired) electrons. The van der Waals surface area contributed by atoms with Crippen LogP contribution in [0, 0.1) is 5.16 Å². The van der Waals surface area contributed by atoms with Crippen molar-refractivity contribution in [3.8, 4) is 0 Å². The Hall–Kier alpha value is 0.0900. The SMILES string of the molecule is N=[P+]([O-])N=NP. The molecule has 34 valence electrons. The van der Waals surface area contributed by atoms with E-state index in [-0.39, 0.29) is 0 Å².